The van der Waals surface area contributed by atoms with Crippen LogP contribution in [-0.4, -0.2) is 41.4 Å². The average Bonchev–Trinajstić information content (AvgIpc) is 2.96. The SMILES string of the molecule is CCCCC(F)(F)[C@H](O)CC[C@@H]1[C@H]2CCCCCCC(=O)O[C@H]2C[C@H]1OC(C)C. The summed E-state index contributed by atoms with van der Waals surface area (Å²) in [4.78, 5) is 12.2. The molecule has 1 heterocycles. The highest BCUT2D eigenvalue weighted by molar-refractivity contribution is 5.69. The predicted molar refractivity (Wildman–Crippen MR) is 109 cm³/mol. The van der Waals surface area contributed by atoms with Crippen LogP contribution in [0.1, 0.15) is 97.8 Å². The summed E-state index contributed by atoms with van der Waals surface area (Å²) in [7, 11) is 0. The van der Waals surface area contributed by atoms with Crippen molar-refractivity contribution >= 4 is 5.97 Å². The second-order valence-corrected chi connectivity index (χ2v) is 9.23. The summed E-state index contributed by atoms with van der Waals surface area (Å²) in [6.45, 7) is 5.80. The van der Waals surface area contributed by atoms with Crippen LogP contribution < -0.4 is 0 Å². The van der Waals surface area contributed by atoms with E-state index in [1.165, 1.54) is 0 Å². The first kappa shape index (κ1) is 24.5. The Morgan fingerprint density at radius 2 is 1.97 bits per heavy atom. The van der Waals surface area contributed by atoms with Crippen LogP contribution in [-0.2, 0) is 14.3 Å². The van der Waals surface area contributed by atoms with Crippen LogP contribution in [0.15, 0.2) is 0 Å². The molecule has 0 radical (unpaired) electrons. The van der Waals surface area contributed by atoms with Crippen molar-refractivity contribution in [2.45, 2.75) is 128 Å². The number of rotatable bonds is 9. The molecule has 1 aliphatic carbocycles. The second-order valence-electron chi connectivity index (χ2n) is 9.23. The fourth-order valence-electron chi connectivity index (χ4n) is 4.94. The van der Waals surface area contributed by atoms with Gasteiger partial charge in [-0.25, -0.2) is 8.78 Å². The highest BCUT2D eigenvalue weighted by Gasteiger charge is 2.47. The number of aliphatic hydroxyl groups is 1. The van der Waals surface area contributed by atoms with Crippen molar-refractivity contribution < 1.29 is 28.2 Å². The van der Waals surface area contributed by atoms with E-state index in [-0.39, 0.29) is 49.0 Å². The molecule has 170 valence electrons. The normalized spacial score (nSPS) is 30.1. The molecule has 2 rings (SSSR count). The molecule has 0 aromatic carbocycles. The van der Waals surface area contributed by atoms with Gasteiger partial charge in [0.2, 0.25) is 0 Å². The van der Waals surface area contributed by atoms with Crippen LogP contribution in [0.4, 0.5) is 8.78 Å². The highest BCUT2D eigenvalue weighted by atomic mass is 19.3. The summed E-state index contributed by atoms with van der Waals surface area (Å²) >= 11 is 0. The highest BCUT2D eigenvalue weighted by Crippen LogP contribution is 2.44. The molecule has 0 aromatic rings. The minimum atomic E-state index is -3.05. The van der Waals surface area contributed by atoms with Gasteiger partial charge in [0.25, 0.3) is 5.92 Å². The molecule has 0 aromatic heterocycles. The number of esters is 1. The molecule has 2 fully saturated rings. The maximum atomic E-state index is 14.2. The number of carbonyl (C=O) groups excluding carboxylic acids is 1. The summed E-state index contributed by atoms with van der Waals surface area (Å²) in [5.74, 6) is -3.05. The van der Waals surface area contributed by atoms with Crippen molar-refractivity contribution in [3.8, 4) is 0 Å². The Balaban J connectivity index is 2.08. The fourth-order valence-corrected chi connectivity index (χ4v) is 4.94. The lowest BCUT2D eigenvalue weighted by Crippen LogP contribution is -2.35. The molecule has 4 nitrogen and oxygen atoms in total. The van der Waals surface area contributed by atoms with Crippen molar-refractivity contribution in [1.82, 2.24) is 0 Å². The van der Waals surface area contributed by atoms with Gasteiger partial charge in [-0.3, -0.25) is 4.79 Å². The summed E-state index contributed by atoms with van der Waals surface area (Å²) in [6.07, 6.45) is 5.43. The summed E-state index contributed by atoms with van der Waals surface area (Å²) in [5, 5.41) is 10.2. The average molecular weight is 419 g/mol. The molecule has 5 atom stereocenters. The van der Waals surface area contributed by atoms with Crippen LogP contribution in [0.5, 0.6) is 0 Å². The van der Waals surface area contributed by atoms with E-state index in [9.17, 15) is 18.7 Å². The predicted octanol–water partition coefficient (Wildman–Crippen LogP) is 5.65. The van der Waals surface area contributed by atoms with Gasteiger partial charge in [0.05, 0.1) is 12.2 Å². The molecule has 2 aliphatic rings. The standard InChI is InChI=1S/C23H40F2O4/c1-4-5-14-23(24,25)21(26)13-12-18-17-10-8-6-7-9-11-22(27)29-20(17)15-19(18)28-16(2)3/h16-21,26H,4-15H2,1-3H3/t17-,18-,19-,20+,21-/m1/s1. The monoisotopic (exact) mass is 418 g/mol. The smallest absolute Gasteiger partial charge is 0.306 e. The number of hydrogen-bond donors (Lipinski definition) is 1. The van der Waals surface area contributed by atoms with Crippen molar-refractivity contribution in [3.05, 3.63) is 0 Å². The van der Waals surface area contributed by atoms with Gasteiger partial charge in [-0.05, 0) is 51.9 Å². The maximum Gasteiger partial charge on any atom is 0.306 e. The van der Waals surface area contributed by atoms with Gasteiger partial charge in [0.1, 0.15) is 12.2 Å². The summed E-state index contributed by atoms with van der Waals surface area (Å²) < 4.78 is 40.4. The number of fused-ring (bicyclic) bond motifs is 1. The van der Waals surface area contributed by atoms with Gasteiger partial charge >= 0.3 is 5.97 Å². The lowest BCUT2D eigenvalue weighted by atomic mass is 9.83. The third-order valence-corrected chi connectivity index (χ3v) is 6.49. The molecular formula is C23H40F2O4. The van der Waals surface area contributed by atoms with Gasteiger partial charge in [0, 0.05) is 25.2 Å². The van der Waals surface area contributed by atoms with E-state index in [2.05, 4.69) is 0 Å². The Kier molecular flexibility index (Phi) is 9.80. The minimum Gasteiger partial charge on any atom is -0.462 e. The Hall–Kier alpha value is -0.750. The number of alkyl halides is 2. The number of carbonyl (C=O) groups is 1. The van der Waals surface area contributed by atoms with E-state index < -0.39 is 12.0 Å². The zero-order chi connectivity index (χ0) is 21.4. The van der Waals surface area contributed by atoms with Crippen LogP contribution in [0.3, 0.4) is 0 Å². The molecule has 1 saturated carbocycles. The minimum absolute atomic E-state index is 0.0178. The number of ether oxygens (including phenoxy) is 2. The zero-order valence-electron chi connectivity index (χ0n) is 18.4. The Labute approximate surface area is 174 Å². The first-order valence-electron chi connectivity index (χ1n) is 11.7. The molecule has 0 amide bonds. The van der Waals surface area contributed by atoms with Gasteiger partial charge in [-0.15, -0.1) is 0 Å². The molecular weight excluding hydrogens is 378 g/mol. The molecule has 0 unspecified atom stereocenters. The van der Waals surface area contributed by atoms with Crippen molar-refractivity contribution in [3.63, 3.8) is 0 Å². The Morgan fingerprint density at radius 1 is 1.24 bits per heavy atom. The second kappa shape index (κ2) is 11.6. The molecule has 0 spiro atoms. The van der Waals surface area contributed by atoms with Gasteiger partial charge < -0.3 is 14.6 Å². The first-order chi connectivity index (χ1) is 13.7. The molecule has 0 bridgehead atoms. The zero-order valence-corrected chi connectivity index (χ0v) is 18.4. The van der Waals surface area contributed by atoms with Gasteiger partial charge in [0.15, 0.2) is 0 Å². The Bertz CT molecular complexity index is 497. The van der Waals surface area contributed by atoms with Crippen LogP contribution >= 0.6 is 0 Å². The summed E-state index contributed by atoms with van der Waals surface area (Å²) in [5.41, 5.74) is 0. The van der Waals surface area contributed by atoms with E-state index in [0.29, 0.717) is 32.1 Å². The van der Waals surface area contributed by atoms with Crippen molar-refractivity contribution in [2.75, 3.05) is 0 Å². The summed E-state index contributed by atoms with van der Waals surface area (Å²) in [6, 6.07) is 0. The topological polar surface area (TPSA) is 55.8 Å². The third kappa shape index (κ3) is 7.46. The van der Waals surface area contributed by atoms with E-state index in [4.69, 9.17) is 9.47 Å². The van der Waals surface area contributed by atoms with Crippen LogP contribution in [0.2, 0.25) is 0 Å². The quantitative estimate of drug-likeness (QED) is 0.492. The van der Waals surface area contributed by atoms with E-state index in [1.54, 1.807) is 0 Å². The fraction of sp³-hybridized carbons (Fsp3) is 0.957. The van der Waals surface area contributed by atoms with E-state index >= 15 is 0 Å². The molecule has 1 aliphatic heterocycles. The van der Waals surface area contributed by atoms with Gasteiger partial charge in [-0.2, -0.15) is 0 Å². The molecule has 1 N–H and O–H groups in total. The van der Waals surface area contributed by atoms with Gasteiger partial charge in [-0.1, -0.05) is 32.6 Å². The van der Waals surface area contributed by atoms with Crippen molar-refractivity contribution in [2.24, 2.45) is 11.8 Å². The van der Waals surface area contributed by atoms with Crippen LogP contribution in [0.25, 0.3) is 0 Å². The van der Waals surface area contributed by atoms with E-state index in [1.807, 2.05) is 20.8 Å². The number of halogens is 2. The molecule has 6 heteroatoms. The number of hydrogen-bond acceptors (Lipinski definition) is 4. The Morgan fingerprint density at radius 3 is 2.66 bits per heavy atom. The lowest BCUT2D eigenvalue weighted by molar-refractivity contribution is -0.152. The largest absolute Gasteiger partial charge is 0.462 e. The van der Waals surface area contributed by atoms with E-state index in [0.717, 1.165) is 32.1 Å². The molecule has 1 saturated heterocycles. The lowest BCUT2D eigenvalue weighted by Gasteiger charge is -2.30. The maximum absolute atomic E-state index is 14.2. The molecule has 29 heavy (non-hydrogen) atoms. The number of unbranched alkanes of at least 4 members (excludes halogenated alkanes) is 1. The van der Waals surface area contributed by atoms with Crippen LogP contribution in [0, 0.1) is 11.8 Å². The van der Waals surface area contributed by atoms with Crippen molar-refractivity contribution in [1.29, 1.82) is 0 Å². The first-order valence-corrected chi connectivity index (χ1v) is 11.7. The number of aliphatic hydroxyl groups excluding tert-OH is 1. The third-order valence-electron chi connectivity index (χ3n) is 6.49.